The van der Waals surface area contributed by atoms with Crippen LogP contribution in [0.25, 0.3) is 0 Å². The SMILES string of the molecule is Nc1nc(N2CCC3(CC2)Cc2ccccc2[C@H]3N)c(Cl)nc1C(=O)N1CCCn2nccc21. The number of nitrogens with two attached hydrogens (primary N) is 2. The summed E-state index contributed by atoms with van der Waals surface area (Å²) in [6.07, 6.45) is 5.35. The molecule has 34 heavy (non-hydrogen) atoms. The van der Waals surface area contributed by atoms with Crippen molar-refractivity contribution in [2.45, 2.75) is 38.3 Å². The van der Waals surface area contributed by atoms with Gasteiger partial charge < -0.3 is 16.4 Å². The molecule has 1 saturated heterocycles. The number of nitrogens with zero attached hydrogens (tertiary/aromatic N) is 6. The van der Waals surface area contributed by atoms with Crippen molar-refractivity contribution >= 4 is 35.0 Å². The van der Waals surface area contributed by atoms with Gasteiger partial charge in [0.25, 0.3) is 5.91 Å². The number of nitrogen functional groups attached to an aromatic ring is 1. The number of carbonyl (C=O) groups is 1. The highest BCUT2D eigenvalue weighted by atomic mass is 35.5. The molecule has 3 aliphatic rings. The minimum Gasteiger partial charge on any atom is -0.382 e. The zero-order valence-corrected chi connectivity index (χ0v) is 19.6. The lowest BCUT2D eigenvalue weighted by Crippen LogP contribution is -2.45. The molecule has 1 fully saturated rings. The van der Waals surface area contributed by atoms with E-state index in [2.05, 4.69) is 44.2 Å². The van der Waals surface area contributed by atoms with Gasteiger partial charge in [0, 0.05) is 38.3 Å². The van der Waals surface area contributed by atoms with Crippen LogP contribution < -0.4 is 21.3 Å². The smallest absolute Gasteiger partial charge is 0.281 e. The topological polar surface area (TPSA) is 119 Å². The zero-order chi connectivity index (χ0) is 23.4. The fraction of sp³-hybridized carbons (Fsp3) is 0.417. The monoisotopic (exact) mass is 478 g/mol. The highest BCUT2D eigenvalue weighted by molar-refractivity contribution is 6.32. The Morgan fingerprint density at radius 2 is 1.88 bits per heavy atom. The first kappa shape index (κ1) is 21.4. The molecule has 0 unspecified atom stereocenters. The second kappa shape index (κ2) is 7.95. The van der Waals surface area contributed by atoms with Crippen LogP contribution in [-0.2, 0) is 13.0 Å². The standard InChI is InChI=1S/C24H27ClN8O/c25-20-22(31-12-7-24(8-13-31)14-15-4-1-2-5-16(15)19(24)26)30-21(27)18(29-20)23(34)32-10-3-11-33-17(32)6-9-28-33/h1-2,4-6,9,19H,3,7-8,10-14,26H2,(H2,27,30)/t19-/m1/s1. The molecule has 4 heterocycles. The lowest BCUT2D eigenvalue weighted by Gasteiger charge is -2.42. The molecule has 3 aromatic rings. The molecule has 4 N–H and O–H groups in total. The van der Waals surface area contributed by atoms with Gasteiger partial charge in [-0.25, -0.2) is 14.6 Å². The van der Waals surface area contributed by atoms with Gasteiger partial charge in [0.05, 0.1) is 6.20 Å². The molecule has 2 aromatic heterocycles. The van der Waals surface area contributed by atoms with Crippen LogP contribution >= 0.6 is 11.6 Å². The van der Waals surface area contributed by atoms with E-state index in [-0.39, 0.29) is 34.0 Å². The predicted octanol–water partition coefficient (Wildman–Crippen LogP) is 2.80. The van der Waals surface area contributed by atoms with Crippen LogP contribution in [0.1, 0.15) is 46.9 Å². The molecule has 176 valence electrons. The van der Waals surface area contributed by atoms with Crippen LogP contribution in [0.5, 0.6) is 0 Å². The van der Waals surface area contributed by atoms with Gasteiger partial charge in [-0.3, -0.25) is 9.69 Å². The minimum absolute atomic E-state index is 0.0375. The Hall–Kier alpha value is -3.17. The van der Waals surface area contributed by atoms with Crippen LogP contribution in [-0.4, -0.2) is 45.3 Å². The third-order valence-electron chi connectivity index (χ3n) is 7.68. The highest BCUT2D eigenvalue weighted by Crippen LogP contribution is 2.51. The number of hydrogen-bond donors (Lipinski definition) is 2. The van der Waals surface area contributed by atoms with Crippen molar-refractivity contribution in [2.75, 3.05) is 35.2 Å². The fourth-order valence-electron chi connectivity index (χ4n) is 5.80. The summed E-state index contributed by atoms with van der Waals surface area (Å²) in [5.74, 6) is 1.03. The summed E-state index contributed by atoms with van der Waals surface area (Å²) < 4.78 is 1.80. The molecule has 0 saturated carbocycles. The van der Waals surface area contributed by atoms with Crippen LogP contribution in [0.4, 0.5) is 17.5 Å². The highest BCUT2D eigenvalue weighted by Gasteiger charge is 2.46. The number of rotatable bonds is 2. The van der Waals surface area contributed by atoms with Gasteiger partial charge in [0.2, 0.25) is 0 Å². The van der Waals surface area contributed by atoms with E-state index in [1.807, 2.05) is 6.07 Å². The second-order valence-corrected chi connectivity index (χ2v) is 9.86. The van der Waals surface area contributed by atoms with Gasteiger partial charge in [-0.2, -0.15) is 5.10 Å². The third kappa shape index (κ3) is 3.25. The number of benzene rings is 1. The normalized spacial score (nSPS) is 20.9. The largest absolute Gasteiger partial charge is 0.382 e. The number of aryl methyl sites for hydroxylation is 1. The Labute approximate surface area is 202 Å². The molecule has 0 radical (unpaired) electrons. The van der Waals surface area contributed by atoms with E-state index in [4.69, 9.17) is 23.1 Å². The lowest BCUT2D eigenvalue weighted by atomic mass is 9.73. The molecule has 1 aromatic carbocycles. The van der Waals surface area contributed by atoms with Crippen molar-refractivity contribution in [1.29, 1.82) is 0 Å². The summed E-state index contributed by atoms with van der Waals surface area (Å²) in [4.78, 5) is 25.9. The Kier molecular flexibility index (Phi) is 5.00. The maximum atomic E-state index is 13.3. The summed E-state index contributed by atoms with van der Waals surface area (Å²) in [5.41, 5.74) is 15.7. The van der Waals surface area contributed by atoms with Crippen LogP contribution in [0.15, 0.2) is 36.5 Å². The van der Waals surface area contributed by atoms with Crippen molar-refractivity contribution in [1.82, 2.24) is 19.7 Å². The first-order chi connectivity index (χ1) is 16.5. The molecular formula is C24H27ClN8O. The van der Waals surface area contributed by atoms with E-state index in [0.29, 0.717) is 12.4 Å². The molecule has 1 amide bonds. The van der Waals surface area contributed by atoms with Crippen molar-refractivity contribution in [2.24, 2.45) is 11.1 Å². The predicted molar refractivity (Wildman–Crippen MR) is 131 cm³/mol. The van der Waals surface area contributed by atoms with Gasteiger partial charge in [-0.15, -0.1) is 0 Å². The first-order valence-corrected chi connectivity index (χ1v) is 12.1. The maximum Gasteiger partial charge on any atom is 0.281 e. The van der Waals surface area contributed by atoms with E-state index < -0.39 is 0 Å². The van der Waals surface area contributed by atoms with Gasteiger partial charge in [-0.1, -0.05) is 35.9 Å². The quantitative estimate of drug-likeness (QED) is 0.581. The van der Waals surface area contributed by atoms with E-state index in [0.717, 1.165) is 51.1 Å². The van der Waals surface area contributed by atoms with Crippen LogP contribution in [0.2, 0.25) is 5.15 Å². The van der Waals surface area contributed by atoms with E-state index in [1.165, 1.54) is 11.1 Å². The molecular weight excluding hydrogens is 452 g/mol. The molecule has 10 heteroatoms. The van der Waals surface area contributed by atoms with E-state index in [1.54, 1.807) is 15.8 Å². The van der Waals surface area contributed by atoms with Crippen molar-refractivity contribution in [3.63, 3.8) is 0 Å². The third-order valence-corrected chi connectivity index (χ3v) is 7.94. The molecule has 0 bridgehead atoms. The van der Waals surface area contributed by atoms with Gasteiger partial charge >= 0.3 is 0 Å². The van der Waals surface area contributed by atoms with Crippen LogP contribution in [0.3, 0.4) is 0 Å². The first-order valence-electron chi connectivity index (χ1n) is 11.7. The molecule has 1 spiro atoms. The summed E-state index contributed by atoms with van der Waals surface area (Å²) in [6.45, 7) is 2.86. The van der Waals surface area contributed by atoms with E-state index >= 15 is 0 Å². The second-order valence-electron chi connectivity index (χ2n) is 9.50. The summed E-state index contributed by atoms with van der Waals surface area (Å²) in [7, 11) is 0. The Balaban J connectivity index is 1.21. The average molecular weight is 479 g/mol. The Morgan fingerprint density at radius 1 is 1.09 bits per heavy atom. The minimum atomic E-state index is -0.313. The van der Waals surface area contributed by atoms with Crippen molar-refractivity contribution in [3.05, 3.63) is 58.5 Å². The lowest BCUT2D eigenvalue weighted by molar-refractivity contribution is 0.0977. The number of anilines is 3. The molecule has 9 nitrogen and oxygen atoms in total. The number of fused-ring (bicyclic) bond motifs is 2. The molecule has 2 aliphatic heterocycles. The van der Waals surface area contributed by atoms with Crippen molar-refractivity contribution in [3.8, 4) is 0 Å². The number of aromatic nitrogens is 4. The van der Waals surface area contributed by atoms with Gasteiger partial charge in [0.1, 0.15) is 5.82 Å². The Bertz CT molecular complexity index is 1270. The van der Waals surface area contributed by atoms with Gasteiger partial charge in [0.15, 0.2) is 22.5 Å². The number of carbonyl (C=O) groups excluding carboxylic acids is 1. The number of piperidine rings is 1. The summed E-state index contributed by atoms with van der Waals surface area (Å²) in [5, 5.41) is 4.45. The summed E-state index contributed by atoms with van der Waals surface area (Å²) in [6, 6.07) is 10.3. The van der Waals surface area contributed by atoms with Crippen LogP contribution in [0, 0.1) is 5.41 Å². The molecule has 1 aliphatic carbocycles. The fourth-order valence-corrected chi connectivity index (χ4v) is 6.05. The van der Waals surface area contributed by atoms with Crippen molar-refractivity contribution < 1.29 is 4.79 Å². The maximum absolute atomic E-state index is 13.3. The average Bonchev–Trinajstić information content (AvgIpc) is 3.44. The summed E-state index contributed by atoms with van der Waals surface area (Å²) >= 11 is 6.57. The van der Waals surface area contributed by atoms with E-state index in [9.17, 15) is 4.79 Å². The molecule has 1 atom stereocenters. The number of halogens is 1. The number of hydrogen-bond acceptors (Lipinski definition) is 7. The Morgan fingerprint density at radius 3 is 2.68 bits per heavy atom. The number of amides is 1. The van der Waals surface area contributed by atoms with Gasteiger partial charge in [-0.05, 0) is 42.2 Å². The zero-order valence-electron chi connectivity index (χ0n) is 18.8. The molecule has 6 rings (SSSR count).